The number of rotatable bonds is 2. The molecule has 5 heteroatoms. The van der Waals surface area contributed by atoms with Crippen LogP contribution in [0.5, 0.6) is 5.75 Å². The molecule has 2 aromatic carbocycles. The Morgan fingerprint density at radius 3 is 2.39 bits per heavy atom. The zero-order valence-corrected chi connectivity index (χ0v) is 10.7. The van der Waals surface area contributed by atoms with Crippen molar-refractivity contribution < 1.29 is 9.90 Å². The van der Waals surface area contributed by atoms with Crippen molar-refractivity contribution in [2.75, 3.05) is 5.32 Å². The van der Waals surface area contributed by atoms with Crippen LogP contribution >= 0.6 is 23.2 Å². The Labute approximate surface area is 114 Å². The highest BCUT2D eigenvalue weighted by atomic mass is 35.5. The molecule has 2 aromatic rings. The Hall–Kier alpha value is -1.71. The van der Waals surface area contributed by atoms with Crippen molar-refractivity contribution in [3.05, 3.63) is 58.1 Å². The molecule has 0 fully saturated rings. The SMILES string of the molecule is O=C(Nc1ccc(O)cc1)c1cc(Cl)ccc1Cl. The Morgan fingerprint density at radius 2 is 1.72 bits per heavy atom. The second-order valence-electron chi connectivity index (χ2n) is 3.63. The molecule has 0 heterocycles. The lowest BCUT2D eigenvalue weighted by Crippen LogP contribution is -2.12. The fraction of sp³-hybridized carbons (Fsp3) is 0. The standard InChI is InChI=1S/C13H9Cl2NO2/c14-8-1-6-12(15)11(7-8)13(18)16-9-2-4-10(17)5-3-9/h1-7,17H,(H,16,18). The van der Waals surface area contributed by atoms with Gasteiger partial charge in [-0.3, -0.25) is 4.79 Å². The van der Waals surface area contributed by atoms with Crippen LogP contribution < -0.4 is 5.32 Å². The van der Waals surface area contributed by atoms with Gasteiger partial charge in [0.05, 0.1) is 10.6 Å². The highest BCUT2D eigenvalue weighted by Crippen LogP contribution is 2.22. The number of hydrogen-bond acceptors (Lipinski definition) is 2. The van der Waals surface area contributed by atoms with E-state index in [0.29, 0.717) is 21.3 Å². The molecular formula is C13H9Cl2NO2. The second-order valence-corrected chi connectivity index (χ2v) is 4.47. The first-order chi connectivity index (χ1) is 8.56. The van der Waals surface area contributed by atoms with E-state index in [1.54, 1.807) is 24.3 Å². The summed E-state index contributed by atoms with van der Waals surface area (Å²) in [5.41, 5.74) is 0.867. The van der Waals surface area contributed by atoms with Crippen LogP contribution in [0, 0.1) is 0 Å². The zero-order chi connectivity index (χ0) is 13.1. The van der Waals surface area contributed by atoms with E-state index in [1.165, 1.54) is 18.2 Å². The van der Waals surface area contributed by atoms with Crippen molar-refractivity contribution in [2.45, 2.75) is 0 Å². The van der Waals surface area contributed by atoms with E-state index in [4.69, 9.17) is 28.3 Å². The van der Waals surface area contributed by atoms with Gasteiger partial charge in [0.1, 0.15) is 5.75 Å². The Bertz CT molecular complexity index is 582. The lowest BCUT2D eigenvalue weighted by Gasteiger charge is -2.07. The van der Waals surface area contributed by atoms with Gasteiger partial charge in [0.25, 0.3) is 5.91 Å². The van der Waals surface area contributed by atoms with Crippen LogP contribution in [0.2, 0.25) is 10.0 Å². The second kappa shape index (κ2) is 5.29. The molecule has 0 aliphatic rings. The molecule has 0 aliphatic heterocycles. The van der Waals surface area contributed by atoms with Gasteiger partial charge < -0.3 is 10.4 Å². The molecule has 18 heavy (non-hydrogen) atoms. The molecule has 0 spiro atoms. The summed E-state index contributed by atoms with van der Waals surface area (Å²) in [6, 6.07) is 10.8. The molecule has 0 saturated carbocycles. The molecule has 0 aromatic heterocycles. The van der Waals surface area contributed by atoms with Crippen molar-refractivity contribution >= 4 is 34.8 Å². The number of nitrogens with one attached hydrogen (secondary N) is 1. The van der Waals surface area contributed by atoms with E-state index >= 15 is 0 Å². The van der Waals surface area contributed by atoms with E-state index < -0.39 is 0 Å². The molecule has 0 unspecified atom stereocenters. The fourth-order valence-corrected chi connectivity index (χ4v) is 1.79. The molecule has 0 radical (unpaired) electrons. The highest BCUT2D eigenvalue weighted by molar-refractivity contribution is 6.36. The number of halogens is 2. The van der Waals surface area contributed by atoms with Crippen LogP contribution in [0.4, 0.5) is 5.69 Å². The van der Waals surface area contributed by atoms with E-state index in [-0.39, 0.29) is 11.7 Å². The lowest BCUT2D eigenvalue weighted by atomic mass is 10.2. The maximum atomic E-state index is 12.0. The normalized spacial score (nSPS) is 10.1. The van der Waals surface area contributed by atoms with Crippen LogP contribution in [0.15, 0.2) is 42.5 Å². The lowest BCUT2D eigenvalue weighted by molar-refractivity contribution is 0.102. The van der Waals surface area contributed by atoms with Crippen LogP contribution in [0.1, 0.15) is 10.4 Å². The number of carbonyl (C=O) groups excluding carboxylic acids is 1. The largest absolute Gasteiger partial charge is 0.508 e. The van der Waals surface area contributed by atoms with Crippen molar-refractivity contribution in [2.24, 2.45) is 0 Å². The van der Waals surface area contributed by atoms with Gasteiger partial charge >= 0.3 is 0 Å². The minimum atomic E-state index is -0.354. The number of phenolic OH excluding ortho intramolecular Hbond substituents is 1. The summed E-state index contributed by atoms with van der Waals surface area (Å²) < 4.78 is 0. The number of amides is 1. The van der Waals surface area contributed by atoms with Gasteiger partial charge in [0, 0.05) is 10.7 Å². The maximum Gasteiger partial charge on any atom is 0.257 e. The van der Waals surface area contributed by atoms with Crippen LogP contribution in [0.3, 0.4) is 0 Å². The van der Waals surface area contributed by atoms with Gasteiger partial charge in [0.2, 0.25) is 0 Å². The first-order valence-corrected chi connectivity index (χ1v) is 5.87. The summed E-state index contributed by atoms with van der Waals surface area (Å²) >= 11 is 11.7. The smallest absolute Gasteiger partial charge is 0.257 e. The summed E-state index contributed by atoms with van der Waals surface area (Å²) in [4.78, 5) is 12.0. The van der Waals surface area contributed by atoms with Crippen LogP contribution in [-0.4, -0.2) is 11.0 Å². The third-order valence-electron chi connectivity index (χ3n) is 2.30. The van der Waals surface area contributed by atoms with Gasteiger partial charge in [0.15, 0.2) is 0 Å². The van der Waals surface area contributed by atoms with Crippen molar-refractivity contribution in [1.29, 1.82) is 0 Å². The number of anilines is 1. The predicted octanol–water partition coefficient (Wildman–Crippen LogP) is 3.95. The number of hydrogen-bond donors (Lipinski definition) is 2. The summed E-state index contributed by atoms with van der Waals surface area (Å²) in [7, 11) is 0. The summed E-state index contributed by atoms with van der Waals surface area (Å²) in [6.07, 6.45) is 0. The first-order valence-electron chi connectivity index (χ1n) is 5.12. The van der Waals surface area contributed by atoms with E-state index in [1.807, 2.05) is 0 Å². The van der Waals surface area contributed by atoms with Crippen molar-refractivity contribution in [1.82, 2.24) is 0 Å². The number of phenols is 1. The summed E-state index contributed by atoms with van der Waals surface area (Å²) in [6.45, 7) is 0. The molecule has 2 rings (SSSR count). The van der Waals surface area contributed by atoms with Gasteiger partial charge in [-0.25, -0.2) is 0 Å². The topological polar surface area (TPSA) is 49.3 Å². The average molecular weight is 282 g/mol. The first kappa shape index (κ1) is 12.7. The minimum Gasteiger partial charge on any atom is -0.508 e. The number of benzene rings is 2. The molecule has 2 N–H and O–H groups in total. The minimum absolute atomic E-state index is 0.133. The van der Waals surface area contributed by atoms with E-state index in [2.05, 4.69) is 5.32 Å². The maximum absolute atomic E-state index is 12.0. The molecule has 0 atom stereocenters. The molecule has 0 bridgehead atoms. The third kappa shape index (κ3) is 2.94. The Kier molecular flexibility index (Phi) is 3.75. The van der Waals surface area contributed by atoms with Gasteiger partial charge in [-0.15, -0.1) is 0 Å². The van der Waals surface area contributed by atoms with Crippen LogP contribution in [0.25, 0.3) is 0 Å². The quantitative estimate of drug-likeness (QED) is 0.819. The van der Waals surface area contributed by atoms with Crippen molar-refractivity contribution in [3.63, 3.8) is 0 Å². The Morgan fingerprint density at radius 1 is 1.06 bits per heavy atom. The fourth-order valence-electron chi connectivity index (χ4n) is 1.41. The molecule has 1 amide bonds. The van der Waals surface area contributed by atoms with E-state index in [0.717, 1.165) is 0 Å². The van der Waals surface area contributed by atoms with Gasteiger partial charge in [-0.1, -0.05) is 23.2 Å². The number of carbonyl (C=O) groups is 1. The molecule has 0 saturated heterocycles. The molecule has 0 aliphatic carbocycles. The summed E-state index contributed by atoms with van der Waals surface area (Å²) in [5, 5.41) is 12.6. The zero-order valence-electron chi connectivity index (χ0n) is 9.15. The highest BCUT2D eigenvalue weighted by Gasteiger charge is 2.11. The van der Waals surface area contributed by atoms with Gasteiger partial charge in [-0.05, 0) is 42.5 Å². The van der Waals surface area contributed by atoms with Crippen molar-refractivity contribution in [3.8, 4) is 5.75 Å². The van der Waals surface area contributed by atoms with Gasteiger partial charge in [-0.2, -0.15) is 0 Å². The average Bonchev–Trinajstić information content (AvgIpc) is 2.35. The molecule has 3 nitrogen and oxygen atoms in total. The molecular weight excluding hydrogens is 273 g/mol. The Balaban J connectivity index is 2.21. The third-order valence-corrected chi connectivity index (χ3v) is 2.86. The van der Waals surface area contributed by atoms with E-state index in [9.17, 15) is 4.79 Å². The number of aromatic hydroxyl groups is 1. The summed E-state index contributed by atoms with van der Waals surface area (Å²) in [5.74, 6) is -0.220. The predicted molar refractivity (Wildman–Crippen MR) is 72.5 cm³/mol. The monoisotopic (exact) mass is 281 g/mol. The van der Waals surface area contributed by atoms with Crippen LogP contribution in [-0.2, 0) is 0 Å². The molecule has 92 valence electrons.